The van der Waals surface area contributed by atoms with Crippen LogP contribution in [0.5, 0.6) is 0 Å². The van der Waals surface area contributed by atoms with E-state index in [1.807, 2.05) is 12.1 Å². The summed E-state index contributed by atoms with van der Waals surface area (Å²) in [7, 11) is 0. The number of rotatable bonds is 4. The van der Waals surface area contributed by atoms with E-state index in [2.05, 4.69) is 29.8 Å². The molecule has 78 valence electrons. The second-order valence-electron chi connectivity index (χ2n) is 3.89. The van der Waals surface area contributed by atoms with Crippen LogP contribution in [0.1, 0.15) is 25.8 Å². The third-order valence-electron chi connectivity index (χ3n) is 2.37. The molecule has 0 saturated heterocycles. The topological polar surface area (TPSA) is 0 Å². The van der Waals surface area contributed by atoms with Crippen molar-refractivity contribution in [3.63, 3.8) is 0 Å². The first-order chi connectivity index (χ1) is 6.61. The molecule has 0 nitrogen and oxygen atoms in total. The summed E-state index contributed by atoms with van der Waals surface area (Å²) in [4.78, 5) is 0.474. The van der Waals surface area contributed by atoms with Gasteiger partial charge in [0.05, 0.1) is 0 Å². The third-order valence-corrected chi connectivity index (χ3v) is 3.89. The second-order valence-corrected chi connectivity index (χ2v) is 5.07. The number of hydrogen-bond donors (Lipinski definition) is 0. The first kappa shape index (κ1) is 11.7. The first-order valence-electron chi connectivity index (χ1n) is 4.98. The maximum Gasteiger partial charge on any atom is 0.126 e. The molecule has 0 spiro atoms. The Morgan fingerprint density at radius 3 is 2.50 bits per heavy atom. The molecule has 1 rings (SSSR count). The van der Waals surface area contributed by atoms with Crippen LogP contribution in [0, 0.1) is 11.7 Å². The molecule has 0 saturated carbocycles. The lowest BCUT2D eigenvalue weighted by atomic mass is 10.0. The van der Waals surface area contributed by atoms with Gasteiger partial charge in [-0.25, -0.2) is 4.39 Å². The van der Waals surface area contributed by atoms with Crippen molar-refractivity contribution >= 4 is 15.9 Å². The van der Waals surface area contributed by atoms with Gasteiger partial charge in [-0.2, -0.15) is 0 Å². The standard InChI is InChI=1S/C12H16BrF/c1-9(2)11(13)8-7-10-5-3-4-6-12(10)14/h3-6,9,11H,7-8H2,1-2H3. The van der Waals surface area contributed by atoms with E-state index in [-0.39, 0.29) is 5.82 Å². The maximum absolute atomic E-state index is 13.2. The predicted molar refractivity (Wildman–Crippen MR) is 62.3 cm³/mol. The average molecular weight is 259 g/mol. The lowest BCUT2D eigenvalue weighted by Crippen LogP contribution is -2.08. The third kappa shape index (κ3) is 3.41. The highest BCUT2D eigenvalue weighted by Crippen LogP contribution is 2.19. The number of hydrogen-bond acceptors (Lipinski definition) is 0. The van der Waals surface area contributed by atoms with Gasteiger partial charge in [0.15, 0.2) is 0 Å². The van der Waals surface area contributed by atoms with Gasteiger partial charge in [0, 0.05) is 4.83 Å². The van der Waals surface area contributed by atoms with E-state index in [9.17, 15) is 4.39 Å². The quantitative estimate of drug-likeness (QED) is 0.711. The summed E-state index contributed by atoms with van der Waals surface area (Å²) in [6.07, 6.45) is 1.79. The minimum absolute atomic E-state index is 0.0871. The molecule has 0 aliphatic carbocycles. The highest BCUT2D eigenvalue weighted by molar-refractivity contribution is 9.09. The molecule has 0 aliphatic heterocycles. The van der Waals surface area contributed by atoms with E-state index in [0.29, 0.717) is 10.7 Å². The summed E-state index contributed by atoms with van der Waals surface area (Å²) < 4.78 is 13.2. The average Bonchev–Trinajstić information content (AvgIpc) is 2.16. The Bertz CT molecular complexity index is 283. The number of benzene rings is 1. The van der Waals surface area contributed by atoms with Gasteiger partial charge in [0.2, 0.25) is 0 Å². The summed E-state index contributed by atoms with van der Waals surface area (Å²) in [5.41, 5.74) is 0.817. The summed E-state index contributed by atoms with van der Waals surface area (Å²) in [6, 6.07) is 6.99. The van der Waals surface area contributed by atoms with E-state index >= 15 is 0 Å². The van der Waals surface area contributed by atoms with Crippen molar-refractivity contribution < 1.29 is 4.39 Å². The molecule has 2 heteroatoms. The summed E-state index contributed by atoms with van der Waals surface area (Å²) in [6.45, 7) is 4.33. The Morgan fingerprint density at radius 1 is 1.29 bits per heavy atom. The first-order valence-corrected chi connectivity index (χ1v) is 5.90. The van der Waals surface area contributed by atoms with Gasteiger partial charge >= 0.3 is 0 Å². The summed E-state index contributed by atoms with van der Waals surface area (Å²) in [5.74, 6) is 0.512. The largest absolute Gasteiger partial charge is 0.207 e. The van der Waals surface area contributed by atoms with E-state index in [0.717, 1.165) is 18.4 Å². The predicted octanol–water partition coefficient (Wildman–Crippen LogP) is 4.18. The van der Waals surface area contributed by atoms with Crippen molar-refractivity contribution in [2.45, 2.75) is 31.5 Å². The zero-order valence-electron chi connectivity index (χ0n) is 8.63. The van der Waals surface area contributed by atoms with E-state index in [4.69, 9.17) is 0 Å². The highest BCUT2D eigenvalue weighted by atomic mass is 79.9. The van der Waals surface area contributed by atoms with Crippen LogP contribution < -0.4 is 0 Å². The molecule has 0 N–H and O–H groups in total. The molecule has 0 heterocycles. The summed E-state index contributed by atoms with van der Waals surface area (Å²) >= 11 is 3.60. The van der Waals surface area contributed by atoms with Gasteiger partial charge in [-0.3, -0.25) is 0 Å². The number of halogens is 2. The van der Waals surface area contributed by atoms with Crippen LogP contribution in [0.3, 0.4) is 0 Å². The fraction of sp³-hybridized carbons (Fsp3) is 0.500. The van der Waals surface area contributed by atoms with Crippen molar-refractivity contribution in [2.75, 3.05) is 0 Å². The Labute approximate surface area is 93.7 Å². The zero-order chi connectivity index (χ0) is 10.6. The zero-order valence-corrected chi connectivity index (χ0v) is 10.2. The normalized spacial score (nSPS) is 13.2. The van der Waals surface area contributed by atoms with Gasteiger partial charge in [-0.15, -0.1) is 0 Å². The van der Waals surface area contributed by atoms with E-state index in [1.165, 1.54) is 6.07 Å². The molecular formula is C12H16BrF. The van der Waals surface area contributed by atoms with Gasteiger partial charge in [-0.05, 0) is 30.4 Å². The van der Waals surface area contributed by atoms with Gasteiger partial charge in [0.1, 0.15) is 5.82 Å². The van der Waals surface area contributed by atoms with Gasteiger partial charge in [-0.1, -0.05) is 48.0 Å². The van der Waals surface area contributed by atoms with Crippen molar-refractivity contribution in [1.29, 1.82) is 0 Å². The molecule has 0 fully saturated rings. The van der Waals surface area contributed by atoms with Crippen molar-refractivity contribution in [1.82, 2.24) is 0 Å². The highest BCUT2D eigenvalue weighted by Gasteiger charge is 2.10. The molecule has 0 radical (unpaired) electrons. The molecule has 0 amide bonds. The minimum atomic E-state index is -0.0871. The van der Waals surface area contributed by atoms with Crippen LogP contribution in [0.25, 0.3) is 0 Å². The Kier molecular flexibility index (Phi) is 4.59. The Balaban J connectivity index is 2.50. The molecule has 0 bridgehead atoms. The van der Waals surface area contributed by atoms with Crippen LogP contribution in [0.4, 0.5) is 4.39 Å². The van der Waals surface area contributed by atoms with E-state index < -0.39 is 0 Å². The summed E-state index contributed by atoms with van der Waals surface area (Å²) in [5, 5.41) is 0. The van der Waals surface area contributed by atoms with Crippen LogP contribution in [-0.4, -0.2) is 4.83 Å². The van der Waals surface area contributed by atoms with Crippen LogP contribution in [0.2, 0.25) is 0 Å². The molecule has 14 heavy (non-hydrogen) atoms. The minimum Gasteiger partial charge on any atom is -0.207 e. The van der Waals surface area contributed by atoms with Gasteiger partial charge < -0.3 is 0 Å². The molecule has 0 aromatic heterocycles. The lowest BCUT2D eigenvalue weighted by molar-refractivity contribution is 0.562. The molecular weight excluding hydrogens is 243 g/mol. The molecule has 1 atom stereocenters. The maximum atomic E-state index is 13.2. The van der Waals surface area contributed by atoms with Crippen LogP contribution in [0.15, 0.2) is 24.3 Å². The van der Waals surface area contributed by atoms with Crippen molar-refractivity contribution in [2.24, 2.45) is 5.92 Å². The van der Waals surface area contributed by atoms with Gasteiger partial charge in [0.25, 0.3) is 0 Å². The Morgan fingerprint density at radius 2 is 1.93 bits per heavy atom. The monoisotopic (exact) mass is 258 g/mol. The molecule has 1 unspecified atom stereocenters. The van der Waals surface area contributed by atoms with Crippen molar-refractivity contribution in [3.05, 3.63) is 35.6 Å². The lowest BCUT2D eigenvalue weighted by Gasteiger charge is -2.13. The number of aryl methyl sites for hydroxylation is 1. The van der Waals surface area contributed by atoms with Crippen molar-refractivity contribution in [3.8, 4) is 0 Å². The SMILES string of the molecule is CC(C)C(Br)CCc1ccccc1F. The van der Waals surface area contributed by atoms with Crippen LogP contribution >= 0.6 is 15.9 Å². The fourth-order valence-electron chi connectivity index (χ4n) is 1.33. The number of alkyl halides is 1. The van der Waals surface area contributed by atoms with E-state index in [1.54, 1.807) is 6.07 Å². The molecule has 1 aromatic carbocycles. The Hall–Kier alpha value is -0.370. The van der Waals surface area contributed by atoms with Crippen LogP contribution in [-0.2, 0) is 6.42 Å². The molecule has 0 aliphatic rings. The fourth-order valence-corrected chi connectivity index (χ4v) is 1.56. The smallest absolute Gasteiger partial charge is 0.126 e. The molecule has 1 aromatic rings. The second kappa shape index (κ2) is 5.50.